The smallest absolute Gasteiger partial charge is 0.326 e. The number of thioether (sulfide) groups is 1. The van der Waals surface area contributed by atoms with E-state index >= 15 is 0 Å². The van der Waals surface area contributed by atoms with Crippen LogP contribution in [0.3, 0.4) is 0 Å². The second-order valence-corrected chi connectivity index (χ2v) is 9.40. The lowest BCUT2D eigenvalue weighted by atomic mass is 10.2. The summed E-state index contributed by atoms with van der Waals surface area (Å²) in [6, 6.07) is 11.9. The zero-order valence-corrected chi connectivity index (χ0v) is 20.9. The molecular formula is C24H28N2O5S2. The summed E-state index contributed by atoms with van der Waals surface area (Å²) in [7, 11) is 3.11. The highest BCUT2D eigenvalue weighted by Gasteiger charge is 2.16. The van der Waals surface area contributed by atoms with Crippen LogP contribution in [-0.2, 0) is 20.9 Å². The lowest BCUT2D eigenvalue weighted by molar-refractivity contribution is -0.143. The molecule has 0 radical (unpaired) electrons. The first-order valence-corrected chi connectivity index (χ1v) is 12.4. The molecule has 176 valence electrons. The molecule has 33 heavy (non-hydrogen) atoms. The molecule has 1 heterocycles. The van der Waals surface area contributed by atoms with Crippen molar-refractivity contribution in [2.75, 3.05) is 26.6 Å². The van der Waals surface area contributed by atoms with Gasteiger partial charge in [-0.25, -0.2) is 0 Å². The molecule has 3 rings (SSSR count). The normalized spacial score (nSPS) is 11.6. The van der Waals surface area contributed by atoms with Gasteiger partial charge in [0.05, 0.1) is 31.0 Å². The van der Waals surface area contributed by atoms with E-state index in [0.29, 0.717) is 29.1 Å². The zero-order chi connectivity index (χ0) is 23.8. The van der Waals surface area contributed by atoms with Gasteiger partial charge in [-0.1, -0.05) is 29.0 Å². The van der Waals surface area contributed by atoms with Crippen LogP contribution in [0.5, 0.6) is 11.5 Å². The number of carbonyl (C=O) groups excluding carboxylic acids is 2. The van der Waals surface area contributed by atoms with Gasteiger partial charge in [-0.05, 0) is 38.2 Å². The lowest BCUT2D eigenvalue weighted by Gasteiger charge is -2.09. The number of esters is 1. The van der Waals surface area contributed by atoms with Crippen LogP contribution in [0.4, 0.5) is 0 Å². The maximum absolute atomic E-state index is 12.6. The number of nitrogens with zero attached hydrogens (tertiary/aromatic N) is 2. The number of ether oxygens (including phenoxy) is 3. The summed E-state index contributed by atoms with van der Waals surface area (Å²) in [5.74, 6) is 1.32. The number of carbonyl (C=O) groups is 2. The number of aromatic nitrogens is 1. The van der Waals surface area contributed by atoms with E-state index in [1.165, 1.54) is 21.8 Å². The summed E-state index contributed by atoms with van der Waals surface area (Å²) in [6.07, 6.45) is 1.05. The standard InChI is InChI=1S/C24H28N2O5S2/c1-5-31-23(28)15-26-18-13-19(29-3)20(30-4)14-21(18)33-24(26)25-22(27)7-6-12-32-17-10-8-16(2)9-11-17/h8-11,13-14H,5-7,12,15H2,1-4H3. The Balaban J connectivity index is 1.80. The molecule has 0 spiro atoms. The lowest BCUT2D eigenvalue weighted by Crippen LogP contribution is -2.23. The number of fused-ring (bicyclic) bond motifs is 1. The third-order valence-electron chi connectivity index (χ3n) is 4.83. The van der Waals surface area contributed by atoms with Crippen molar-refractivity contribution >= 4 is 45.2 Å². The number of hydrogen-bond acceptors (Lipinski definition) is 7. The van der Waals surface area contributed by atoms with Crippen LogP contribution < -0.4 is 14.3 Å². The SMILES string of the molecule is CCOC(=O)Cn1c(=NC(=O)CCCSc2ccc(C)cc2)sc2cc(OC)c(OC)cc21. The summed E-state index contributed by atoms with van der Waals surface area (Å²) in [6.45, 7) is 4.05. The average Bonchev–Trinajstić information content (AvgIpc) is 3.12. The van der Waals surface area contributed by atoms with E-state index < -0.39 is 5.97 Å². The Kier molecular flexibility index (Phi) is 8.96. The molecule has 0 aliphatic carbocycles. The molecule has 1 aromatic heterocycles. The van der Waals surface area contributed by atoms with Crippen LogP contribution in [0.15, 0.2) is 46.3 Å². The predicted molar refractivity (Wildman–Crippen MR) is 131 cm³/mol. The maximum atomic E-state index is 12.6. The summed E-state index contributed by atoms with van der Waals surface area (Å²) >= 11 is 3.05. The van der Waals surface area contributed by atoms with Crippen molar-refractivity contribution in [1.29, 1.82) is 0 Å². The van der Waals surface area contributed by atoms with Gasteiger partial charge in [-0.3, -0.25) is 9.59 Å². The highest BCUT2D eigenvalue weighted by atomic mass is 32.2. The summed E-state index contributed by atoms with van der Waals surface area (Å²) in [5.41, 5.74) is 1.95. The summed E-state index contributed by atoms with van der Waals surface area (Å²) in [4.78, 5) is 30.8. The topological polar surface area (TPSA) is 79.1 Å². The van der Waals surface area contributed by atoms with E-state index in [4.69, 9.17) is 14.2 Å². The van der Waals surface area contributed by atoms with Crippen molar-refractivity contribution in [3.05, 3.63) is 46.8 Å². The van der Waals surface area contributed by atoms with E-state index in [-0.39, 0.29) is 19.1 Å². The van der Waals surface area contributed by atoms with Crippen LogP contribution in [0.2, 0.25) is 0 Å². The first kappa shape index (κ1) is 24.9. The minimum Gasteiger partial charge on any atom is -0.493 e. The van der Waals surface area contributed by atoms with Gasteiger partial charge in [0.1, 0.15) is 6.54 Å². The molecule has 2 aromatic carbocycles. The molecule has 9 heteroatoms. The number of methoxy groups -OCH3 is 2. The van der Waals surface area contributed by atoms with Crippen molar-refractivity contribution in [3.63, 3.8) is 0 Å². The van der Waals surface area contributed by atoms with Crippen LogP contribution >= 0.6 is 23.1 Å². The molecule has 0 aliphatic rings. The Morgan fingerprint density at radius 1 is 1.09 bits per heavy atom. The van der Waals surface area contributed by atoms with Gasteiger partial charge in [0.25, 0.3) is 0 Å². The van der Waals surface area contributed by atoms with Crippen LogP contribution in [0.1, 0.15) is 25.3 Å². The molecule has 1 amide bonds. The Morgan fingerprint density at radius 3 is 2.45 bits per heavy atom. The predicted octanol–water partition coefficient (Wildman–Crippen LogP) is 4.59. The van der Waals surface area contributed by atoms with Gasteiger partial charge in [-0.2, -0.15) is 4.99 Å². The second-order valence-electron chi connectivity index (χ2n) is 7.22. The molecule has 0 N–H and O–H groups in total. The average molecular weight is 489 g/mol. The number of aryl methyl sites for hydroxylation is 1. The van der Waals surface area contributed by atoms with E-state index in [1.54, 1.807) is 43.5 Å². The van der Waals surface area contributed by atoms with Crippen molar-refractivity contribution in [2.45, 2.75) is 38.1 Å². The molecular weight excluding hydrogens is 460 g/mol. The van der Waals surface area contributed by atoms with Crippen LogP contribution in [0.25, 0.3) is 10.2 Å². The highest BCUT2D eigenvalue weighted by Crippen LogP contribution is 2.33. The van der Waals surface area contributed by atoms with Gasteiger partial charge in [0.2, 0.25) is 5.91 Å². The third-order valence-corrected chi connectivity index (χ3v) is 6.97. The second kappa shape index (κ2) is 11.9. The fourth-order valence-corrected chi connectivity index (χ4v) is 5.09. The molecule has 3 aromatic rings. The van der Waals surface area contributed by atoms with Gasteiger partial charge < -0.3 is 18.8 Å². The number of hydrogen-bond donors (Lipinski definition) is 0. The van der Waals surface area contributed by atoms with Crippen molar-refractivity contribution in [3.8, 4) is 11.5 Å². The van der Waals surface area contributed by atoms with Crippen molar-refractivity contribution in [2.24, 2.45) is 4.99 Å². The first-order chi connectivity index (χ1) is 15.9. The van der Waals surface area contributed by atoms with Gasteiger partial charge >= 0.3 is 5.97 Å². The Bertz CT molecular complexity index is 1180. The summed E-state index contributed by atoms with van der Waals surface area (Å²) < 4.78 is 18.4. The largest absolute Gasteiger partial charge is 0.493 e. The fourth-order valence-electron chi connectivity index (χ4n) is 3.18. The first-order valence-electron chi connectivity index (χ1n) is 10.6. The van der Waals surface area contributed by atoms with E-state index in [9.17, 15) is 9.59 Å². The number of rotatable bonds is 10. The zero-order valence-electron chi connectivity index (χ0n) is 19.3. The monoisotopic (exact) mass is 488 g/mol. The number of amides is 1. The van der Waals surface area contributed by atoms with E-state index in [1.807, 2.05) is 6.07 Å². The third kappa shape index (κ3) is 6.61. The van der Waals surface area contributed by atoms with Crippen molar-refractivity contribution in [1.82, 2.24) is 4.57 Å². The number of thiazole rings is 1. The van der Waals surface area contributed by atoms with Crippen molar-refractivity contribution < 1.29 is 23.8 Å². The molecule has 0 aliphatic heterocycles. The van der Waals surface area contributed by atoms with Gasteiger partial charge in [-0.15, -0.1) is 11.8 Å². The molecule has 7 nitrogen and oxygen atoms in total. The van der Waals surface area contributed by atoms with Crippen LogP contribution in [0, 0.1) is 6.92 Å². The maximum Gasteiger partial charge on any atom is 0.326 e. The molecule has 0 saturated carbocycles. The Labute approximate surface area is 201 Å². The number of benzene rings is 2. The molecule has 0 saturated heterocycles. The Morgan fingerprint density at radius 2 is 1.79 bits per heavy atom. The van der Waals surface area contributed by atoms with Gasteiger partial charge in [0, 0.05) is 23.4 Å². The van der Waals surface area contributed by atoms with Gasteiger partial charge in [0.15, 0.2) is 16.3 Å². The molecule has 0 bridgehead atoms. The Hall–Kier alpha value is -2.78. The summed E-state index contributed by atoms with van der Waals surface area (Å²) in [5, 5.41) is 0. The molecule has 0 unspecified atom stereocenters. The fraction of sp³-hybridized carbons (Fsp3) is 0.375. The van der Waals surface area contributed by atoms with E-state index in [2.05, 4.69) is 36.2 Å². The molecule has 0 fully saturated rings. The quantitative estimate of drug-likeness (QED) is 0.236. The minimum atomic E-state index is -0.393. The van der Waals surface area contributed by atoms with Crippen LogP contribution in [-0.4, -0.2) is 43.0 Å². The highest BCUT2D eigenvalue weighted by molar-refractivity contribution is 7.99. The molecule has 0 atom stereocenters. The van der Waals surface area contributed by atoms with E-state index in [0.717, 1.165) is 16.0 Å². The minimum absolute atomic E-state index is 0.0429.